The molecule has 0 amide bonds. The van der Waals surface area contributed by atoms with Gasteiger partial charge in [-0.05, 0) is 64.2 Å². The molecule has 16 nitrogen and oxygen atoms in total. The number of phosphoric acid groups is 2. The van der Waals surface area contributed by atoms with Gasteiger partial charge in [-0.1, -0.05) is 281 Å². The van der Waals surface area contributed by atoms with Gasteiger partial charge in [-0.3, -0.25) is 32.5 Å². The van der Waals surface area contributed by atoms with Crippen molar-refractivity contribution in [2.45, 2.75) is 334 Å². The molecule has 0 bridgehead atoms. The molecule has 510 valence electrons. The maximum Gasteiger partial charge on any atom is 0.472 e. The summed E-state index contributed by atoms with van der Waals surface area (Å²) in [5.41, 5.74) is 0. The predicted molar refractivity (Wildman–Crippen MR) is 353 cm³/mol. The number of aliphatic hydroxyl groups is 2. The van der Waals surface area contributed by atoms with Crippen LogP contribution >= 0.6 is 15.6 Å². The van der Waals surface area contributed by atoms with Crippen LogP contribution in [-0.2, 0) is 55.8 Å². The lowest BCUT2D eigenvalue weighted by Gasteiger charge is -2.21. The van der Waals surface area contributed by atoms with E-state index in [2.05, 4.69) is 69.4 Å². The molecule has 0 saturated carbocycles. The van der Waals surface area contributed by atoms with Crippen LogP contribution in [0.2, 0.25) is 0 Å². The van der Waals surface area contributed by atoms with E-state index in [-0.39, 0.29) is 19.3 Å². The van der Waals surface area contributed by atoms with E-state index in [0.29, 0.717) is 19.3 Å². The van der Waals surface area contributed by atoms with E-state index in [4.69, 9.17) is 32.3 Å². The van der Waals surface area contributed by atoms with Crippen LogP contribution in [0.1, 0.15) is 316 Å². The van der Waals surface area contributed by atoms with Gasteiger partial charge >= 0.3 is 33.6 Å². The Kier molecular flexibility index (Phi) is 61.8. The van der Waals surface area contributed by atoms with Gasteiger partial charge in [0.25, 0.3) is 0 Å². The third-order valence-corrected chi connectivity index (χ3v) is 17.0. The minimum absolute atomic E-state index is 0.113. The van der Waals surface area contributed by atoms with Crippen LogP contribution < -0.4 is 0 Å². The number of carbonyl (C=O) groups excluding carboxylic acids is 3. The molecule has 0 aromatic rings. The van der Waals surface area contributed by atoms with Gasteiger partial charge in [-0.15, -0.1) is 0 Å². The monoisotopic (exact) mass is 1270 g/mol. The normalized spacial score (nSPS) is 14.5. The van der Waals surface area contributed by atoms with Crippen molar-refractivity contribution in [3.8, 4) is 0 Å². The molecule has 4 N–H and O–H groups in total. The van der Waals surface area contributed by atoms with Crippen molar-refractivity contribution >= 4 is 33.6 Å². The SMILES string of the molecule is CCCCC/C=C\C/C=C\C/C=C\C/C=C\CCCCCCCCCCCC(=O)OCC(O)COP(=O)(O)OCC(O)COP(=O)(O)OCC(COC(=O)CCCCCCCCCCCCCCCCC)OC(=O)CCCCCCCCCCCCC. The summed E-state index contributed by atoms with van der Waals surface area (Å²) in [5.74, 6) is -1.56. The molecule has 0 heterocycles. The molecular weight excluding hydrogens is 1150 g/mol. The van der Waals surface area contributed by atoms with Crippen LogP contribution in [0.25, 0.3) is 0 Å². The maximum atomic E-state index is 12.9. The van der Waals surface area contributed by atoms with Crippen molar-refractivity contribution < 1.29 is 75.8 Å². The number of unbranched alkanes of at least 4 members (excludes halogenated alkanes) is 36. The van der Waals surface area contributed by atoms with Crippen molar-refractivity contribution in [2.24, 2.45) is 0 Å². The molecule has 5 unspecified atom stereocenters. The van der Waals surface area contributed by atoms with Crippen LogP contribution in [0.15, 0.2) is 48.6 Å². The third kappa shape index (κ3) is 64.8. The summed E-state index contributed by atoms with van der Waals surface area (Å²) in [6.45, 7) is 2.67. The summed E-state index contributed by atoms with van der Waals surface area (Å²) in [6, 6.07) is 0. The van der Waals surface area contributed by atoms with Crippen molar-refractivity contribution in [1.29, 1.82) is 0 Å². The number of hydrogen-bond donors (Lipinski definition) is 4. The highest BCUT2D eigenvalue weighted by atomic mass is 31.2. The zero-order valence-corrected chi connectivity index (χ0v) is 57.0. The second-order valence-corrected chi connectivity index (χ2v) is 26.6. The Morgan fingerprint density at radius 1 is 0.322 bits per heavy atom. The van der Waals surface area contributed by atoms with Gasteiger partial charge in [-0.25, -0.2) is 9.13 Å². The molecule has 18 heteroatoms. The maximum absolute atomic E-state index is 12.9. The number of esters is 3. The van der Waals surface area contributed by atoms with E-state index in [1.54, 1.807) is 0 Å². The molecule has 87 heavy (non-hydrogen) atoms. The van der Waals surface area contributed by atoms with Crippen LogP contribution in [0.5, 0.6) is 0 Å². The molecule has 5 atom stereocenters. The molecule has 0 aromatic carbocycles. The number of allylic oxidation sites excluding steroid dienone is 8. The van der Waals surface area contributed by atoms with E-state index in [9.17, 15) is 43.5 Å². The number of rotatable bonds is 67. The first-order valence-electron chi connectivity index (χ1n) is 34.9. The van der Waals surface area contributed by atoms with E-state index in [1.165, 1.54) is 161 Å². The van der Waals surface area contributed by atoms with Crippen LogP contribution in [0.4, 0.5) is 0 Å². The quantitative estimate of drug-likeness (QED) is 0.0146. The second kappa shape index (κ2) is 63.6. The van der Waals surface area contributed by atoms with Crippen molar-refractivity contribution in [2.75, 3.05) is 39.6 Å². The molecule has 0 rings (SSSR count). The average Bonchev–Trinajstić information content (AvgIpc) is 3.56. The molecule has 0 aliphatic rings. The molecule has 0 radical (unpaired) electrons. The van der Waals surface area contributed by atoms with Gasteiger partial charge in [0.05, 0.1) is 26.4 Å². The minimum Gasteiger partial charge on any atom is -0.463 e. The lowest BCUT2D eigenvalue weighted by Crippen LogP contribution is -2.30. The van der Waals surface area contributed by atoms with Gasteiger partial charge in [0.15, 0.2) is 6.10 Å². The van der Waals surface area contributed by atoms with Crippen LogP contribution in [0.3, 0.4) is 0 Å². The first-order chi connectivity index (χ1) is 42.2. The van der Waals surface area contributed by atoms with Gasteiger partial charge in [0.2, 0.25) is 0 Å². The Bertz CT molecular complexity index is 1790. The molecule has 0 aromatic heterocycles. The molecule has 0 fully saturated rings. The Morgan fingerprint density at radius 3 is 0.931 bits per heavy atom. The van der Waals surface area contributed by atoms with Gasteiger partial charge in [0, 0.05) is 19.3 Å². The molecular formula is C69H128O16P2. The number of ether oxygens (including phenoxy) is 3. The minimum atomic E-state index is -4.91. The molecule has 0 aliphatic heterocycles. The van der Waals surface area contributed by atoms with Gasteiger partial charge in [-0.2, -0.15) is 0 Å². The van der Waals surface area contributed by atoms with E-state index in [0.717, 1.165) is 96.3 Å². The summed E-state index contributed by atoms with van der Waals surface area (Å²) in [6.07, 6.45) is 63.1. The van der Waals surface area contributed by atoms with E-state index < -0.39 is 91.5 Å². The Hall–Kier alpha value is -2.49. The highest BCUT2D eigenvalue weighted by molar-refractivity contribution is 7.47. The largest absolute Gasteiger partial charge is 0.472 e. The topological polar surface area (TPSA) is 231 Å². The van der Waals surface area contributed by atoms with Crippen LogP contribution in [0, 0.1) is 0 Å². The highest BCUT2D eigenvalue weighted by Crippen LogP contribution is 2.45. The summed E-state index contributed by atoms with van der Waals surface area (Å²) in [4.78, 5) is 58.3. The lowest BCUT2D eigenvalue weighted by atomic mass is 10.0. The Morgan fingerprint density at radius 2 is 0.575 bits per heavy atom. The van der Waals surface area contributed by atoms with Gasteiger partial charge in [0.1, 0.15) is 25.4 Å². The smallest absolute Gasteiger partial charge is 0.463 e. The first kappa shape index (κ1) is 84.5. The zero-order valence-electron chi connectivity index (χ0n) is 55.2. The third-order valence-electron chi connectivity index (χ3n) is 15.1. The fourth-order valence-corrected chi connectivity index (χ4v) is 11.3. The number of carbonyl (C=O) groups is 3. The fraction of sp³-hybridized carbons (Fsp3) is 0.841. The van der Waals surface area contributed by atoms with E-state index >= 15 is 0 Å². The van der Waals surface area contributed by atoms with Crippen molar-refractivity contribution in [3.63, 3.8) is 0 Å². The molecule has 0 spiro atoms. The highest BCUT2D eigenvalue weighted by Gasteiger charge is 2.29. The fourth-order valence-electron chi connectivity index (χ4n) is 9.67. The van der Waals surface area contributed by atoms with Gasteiger partial charge < -0.3 is 34.2 Å². The summed E-state index contributed by atoms with van der Waals surface area (Å²) in [7, 11) is -9.75. The lowest BCUT2D eigenvalue weighted by molar-refractivity contribution is -0.161. The molecule has 0 saturated heterocycles. The second-order valence-electron chi connectivity index (χ2n) is 23.7. The summed E-state index contributed by atoms with van der Waals surface area (Å²) in [5, 5.41) is 20.5. The number of hydrogen-bond acceptors (Lipinski definition) is 14. The molecule has 0 aliphatic carbocycles. The predicted octanol–water partition coefficient (Wildman–Crippen LogP) is 19.2. The Balaban J connectivity index is 4.46. The average molecular weight is 1280 g/mol. The summed E-state index contributed by atoms with van der Waals surface area (Å²) >= 11 is 0. The van der Waals surface area contributed by atoms with E-state index in [1.807, 2.05) is 0 Å². The Labute approximate surface area is 529 Å². The standard InChI is InChI=1S/C69H128O16P2/c1-4-7-10-13-16-19-22-24-26-27-28-29-30-31-32-33-34-35-37-39-41-43-46-49-52-55-67(72)79-58-64(70)59-81-86(75,76)82-60-65(71)61-83-87(77,78)84-63-66(85-69(74)57-54-51-48-45-40-21-18-15-12-9-6-3)62-80-68(73)56-53-50-47-44-42-38-36-25-23-20-17-14-11-8-5-2/h16,19,24,26,28-29,31-32,64-66,70-71H,4-15,17-18,20-23,25,27,30,33-63H2,1-3H3,(H,75,76)(H,77,78)/b19-16-,26-24-,29-28-,32-31-. The number of phosphoric ester groups is 2. The van der Waals surface area contributed by atoms with Crippen molar-refractivity contribution in [3.05, 3.63) is 48.6 Å². The summed E-state index contributed by atoms with van der Waals surface area (Å²) < 4.78 is 60.8. The van der Waals surface area contributed by atoms with Crippen LogP contribution in [-0.4, -0.2) is 95.9 Å². The number of aliphatic hydroxyl groups excluding tert-OH is 2. The zero-order chi connectivity index (χ0) is 63.8. The van der Waals surface area contributed by atoms with Crippen molar-refractivity contribution in [1.82, 2.24) is 0 Å². The first-order valence-corrected chi connectivity index (χ1v) is 37.9.